The Balaban J connectivity index is 1.80. The van der Waals surface area contributed by atoms with Crippen LogP contribution in [0.4, 0.5) is 0 Å². The molecule has 2 amide bonds. The molecule has 0 spiro atoms. The average molecular weight is 327 g/mol. The molecule has 7 heteroatoms. The van der Waals surface area contributed by atoms with Gasteiger partial charge >= 0.3 is 0 Å². The zero-order chi connectivity index (χ0) is 17.1. The van der Waals surface area contributed by atoms with Crippen LogP contribution in [0.2, 0.25) is 0 Å². The van der Waals surface area contributed by atoms with E-state index in [0.29, 0.717) is 31.7 Å². The van der Waals surface area contributed by atoms with Crippen LogP contribution in [0, 0.1) is 0 Å². The zero-order valence-corrected chi connectivity index (χ0v) is 13.9. The van der Waals surface area contributed by atoms with Gasteiger partial charge in [-0.15, -0.1) is 5.10 Å². The van der Waals surface area contributed by atoms with E-state index in [0.717, 1.165) is 11.3 Å². The van der Waals surface area contributed by atoms with E-state index in [1.165, 1.54) is 0 Å². The summed E-state index contributed by atoms with van der Waals surface area (Å²) >= 11 is 0. The molecular weight excluding hydrogens is 306 g/mol. The Morgan fingerprint density at radius 3 is 2.79 bits per heavy atom. The van der Waals surface area contributed by atoms with Crippen molar-refractivity contribution in [2.45, 2.75) is 45.9 Å². The average Bonchev–Trinajstić information content (AvgIpc) is 3.01. The molecule has 2 aromatic rings. The van der Waals surface area contributed by atoms with Crippen molar-refractivity contribution in [1.82, 2.24) is 25.2 Å². The molecule has 0 saturated heterocycles. The first-order valence-electron chi connectivity index (χ1n) is 8.12. The molecule has 24 heavy (non-hydrogen) atoms. The van der Waals surface area contributed by atoms with Crippen molar-refractivity contribution in [2.75, 3.05) is 0 Å². The number of hydrogen-bond acceptors (Lipinski definition) is 4. The van der Waals surface area contributed by atoms with E-state index in [4.69, 9.17) is 0 Å². The van der Waals surface area contributed by atoms with Gasteiger partial charge in [0.1, 0.15) is 11.7 Å². The van der Waals surface area contributed by atoms with E-state index in [1.807, 2.05) is 42.2 Å². The number of carbonyl (C=O) groups excluding carboxylic acids is 2. The van der Waals surface area contributed by atoms with Gasteiger partial charge in [0.15, 0.2) is 0 Å². The molecule has 126 valence electrons. The molecule has 1 unspecified atom stereocenters. The lowest BCUT2D eigenvalue weighted by molar-refractivity contribution is -0.138. The predicted octanol–water partition coefficient (Wildman–Crippen LogP) is 1.41. The summed E-state index contributed by atoms with van der Waals surface area (Å²) in [7, 11) is 0. The van der Waals surface area contributed by atoms with Gasteiger partial charge in [-0.05, 0) is 12.5 Å². The Morgan fingerprint density at radius 1 is 1.33 bits per heavy atom. The number of amides is 2. The molecule has 1 aromatic carbocycles. The number of carbonyl (C=O) groups is 2. The highest BCUT2D eigenvalue weighted by atomic mass is 16.2. The number of nitrogens with zero attached hydrogens (tertiary/aromatic N) is 4. The Kier molecular flexibility index (Phi) is 4.59. The highest BCUT2D eigenvalue weighted by Crippen LogP contribution is 2.24. The van der Waals surface area contributed by atoms with Gasteiger partial charge in [-0.25, -0.2) is 4.68 Å². The lowest BCUT2D eigenvalue weighted by Crippen LogP contribution is -2.41. The molecule has 1 aliphatic rings. The number of fused-ring (bicyclic) bond motifs is 1. The van der Waals surface area contributed by atoms with E-state index in [-0.39, 0.29) is 17.9 Å². The van der Waals surface area contributed by atoms with Crippen LogP contribution in [-0.4, -0.2) is 31.7 Å². The van der Waals surface area contributed by atoms with Crippen LogP contribution >= 0.6 is 0 Å². The molecule has 0 radical (unpaired) electrons. The summed E-state index contributed by atoms with van der Waals surface area (Å²) in [6, 6.07) is 9.50. The molecule has 0 fully saturated rings. The Labute approximate surface area is 140 Å². The minimum atomic E-state index is -0.388. The van der Waals surface area contributed by atoms with Crippen molar-refractivity contribution in [3.05, 3.63) is 47.3 Å². The second-order valence-corrected chi connectivity index (χ2v) is 5.91. The molecule has 1 N–H and O–H groups in total. The summed E-state index contributed by atoms with van der Waals surface area (Å²) in [5.41, 5.74) is 2.68. The Hall–Kier alpha value is -2.70. The normalized spacial score (nSPS) is 16.8. The molecule has 3 rings (SSSR count). The van der Waals surface area contributed by atoms with Crippen molar-refractivity contribution in [2.24, 2.45) is 0 Å². The molecule has 1 atom stereocenters. The van der Waals surface area contributed by atoms with Gasteiger partial charge in [-0.2, -0.15) is 0 Å². The van der Waals surface area contributed by atoms with E-state index in [1.54, 1.807) is 11.6 Å². The fourth-order valence-electron chi connectivity index (χ4n) is 2.83. The van der Waals surface area contributed by atoms with Crippen LogP contribution in [0.15, 0.2) is 30.3 Å². The van der Waals surface area contributed by atoms with Gasteiger partial charge in [0, 0.05) is 13.0 Å². The molecule has 0 saturated carbocycles. The van der Waals surface area contributed by atoms with Crippen LogP contribution in [0.1, 0.15) is 43.3 Å². The van der Waals surface area contributed by atoms with Gasteiger partial charge < -0.3 is 10.2 Å². The van der Waals surface area contributed by atoms with Gasteiger partial charge in [0.2, 0.25) is 11.8 Å². The maximum atomic E-state index is 12.6. The van der Waals surface area contributed by atoms with Crippen molar-refractivity contribution < 1.29 is 9.59 Å². The third-order valence-corrected chi connectivity index (χ3v) is 4.24. The van der Waals surface area contributed by atoms with Crippen LogP contribution in [0.5, 0.6) is 0 Å². The summed E-state index contributed by atoms with van der Waals surface area (Å²) in [5.74, 6) is -0.00165. The van der Waals surface area contributed by atoms with E-state index < -0.39 is 0 Å². The largest absolute Gasteiger partial charge is 0.350 e. The first-order chi connectivity index (χ1) is 11.6. The molecule has 1 aromatic heterocycles. The van der Waals surface area contributed by atoms with Gasteiger partial charge in [0.05, 0.1) is 18.8 Å². The fraction of sp³-hybridized carbons (Fsp3) is 0.412. The summed E-state index contributed by atoms with van der Waals surface area (Å²) in [4.78, 5) is 25.9. The Bertz CT molecular complexity index is 741. The van der Waals surface area contributed by atoms with Crippen LogP contribution in [-0.2, 0) is 29.2 Å². The van der Waals surface area contributed by atoms with Gasteiger partial charge in [-0.1, -0.05) is 42.5 Å². The van der Waals surface area contributed by atoms with Gasteiger partial charge in [-0.3, -0.25) is 9.59 Å². The number of aromatic nitrogens is 3. The zero-order valence-electron chi connectivity index (χ0n) is 13.9. The molecule has 7 nitrogen and oxygen atoms in total. The SMILES string of the molecule is CCC(=O)NCc1nnn2c1CN(Cc1ccccc1)C(=O)C2C. The number of benzene rings is 1. The highest BCUT2D eigenvalue weighted by molar-refractivity contribution is 5.81. The van der Waals surface area contributed by atoms with Crippen molar-refractivity contribution >= 4 is 11.8 Å². The van der Waals surface area contributed by atoms with Crippen molar-refractivity contribution in [3.63, 3.8) is 0 Å². The minimum absolute atomic E-state index is 0.0281. The first kappa shape index (κ1) is 16.2. The molecule has 1 aliphatic heterocycles. The number of nitrogens with one attached hydrogen (secondary N) is 1. The summed E-state index contributed by atoms with van der Waals surface area (Å²) in [6.45, 7) is 4.96. The number of hydrogen-bond donors (Lipinski definition) is 1. The third kappa shape index (κ3) is 3.15. The number of rotatable bonds is 5. The van der Waals surface area contributed by atoms with E-state index in [2.05, 4.69) is 15.6 Å². The van der Waals surface area contributed by atoms with Crippen LogP contribution < -0.4 is 5.32 Å². The smallest absolute Gasteiger partial charge is 0.247 e. The monoisotopic (exact) mass is 327 g/mol. The van der Waals surface area contributed by atoms with Gasteiger partial charge in [0.25, 0.3) is 0 Å². The van der Waals surface area contributed by atoms with E-state index >= 15 is 0 Å². The summed E-state index contributed by atoms with van der Waals surface area (Å²) in [6.07, 6.45) is 0.429. The maximum Gasteiger partial charge on any atom is 0.247 e. The summed E-state index contributed by atoms with van der Waals surface area (Å²) in [5, 5.41) is 11.1. The predicted molar refractivity (Wildman–Crippen MR) is 87.6 cm³/mol. The molecular formula is C17H21N5O2. The minimum Gasteiger partial charge on any atom is -0.350 e. The Morgan fingerprint density at radius 2 is 2.08 bits per heavy atom. The van der Waals surface area contributed by atoms with E-state index in [9.17, 15) is 9.59 Å². The third-order valence-electron chi connectivity index (χ3n) is 4.24. The lowest BCUT2D eigenvalue weighted by atomic mass is 10.1. The van der Waals surface area contributed by atoms with Crippen molar-refractivity contribution in [1.29, 1.82) is 0 Å². The standard InChI is InChI=1S/C17H21N5O2/c1-3-16(23)18-9-14-15-11-21(10-13-7-5-4-6-8-13)17(24)12(2)22(15)20-19-14/h4-8,12H,3,9-11H2,1-2H3,(H,18,23). The van der Waals surface area contributed by atoms with Crippen LogP contribution in [0.25, 0.3) is 0 Å². The lowest BCUT2D eigenvalue weighted by Gasteiger charge is -2.31. The fourth-order valence-corrected chi connectivity index (χ4v) is 2.83. The quantitative estimate of drug-likeness (QED) is 0.900. The maximum absolute atomic E-state index is 12.6. The molecule has 0 bridgehead atoms. The topological polar surface area (TPSA) is 80.1 Å². The molecule has 0 aliphatic carbocycles. The highest BCUT2D eigenvalue weighted by Gasteiger charge is 2.33. The first-order valence-corrected chi connectivity index (χ1v) is 8.12. The second-order valence-electron chi connectivity index (χ2n) is 5.91. The second kappa shape index (κ2) is 6.82. The summed E-state index contributed by atoms with van der Waals surface area (Å²) < 4.78 is 1.66. The van der Waals surface area contributed by atoms with Crippen molar-refractivity contribution in [3.8, 4) is 0 Å². The van der Waals surface area contributed by atoms with Crippen LogP contribution in [0.3, 0.4) is 0 Å². The molecule has 2 heterocycles.